The lowest BCUT2D eigenvalue weighted by molar-refractivity contribution is 0.0697. The molecule has 3 aromatic carbocycles. The SMILES string of the molecule is O=C(O)c1ccc(Nc2ncc3c(n2)C=c2cc(F)cc(-c4ccccc4F)c2=CN3)cc1. The number of hydrogen-bond donors (Lipinski definition) is 3. The Morgan fingerprint density at radius 3 is 2.55 bits per heavy atom. The van der Waals surface area contributed by atoms with E-state index in [0.29, 0.717) is 38.6 Å². The van der Waals surface area contributed by atoms with Crippen molar-refractivity contribution >= 4 is 35.6 Å². The Balaban J connectivity index is 1.56. The van der Waals surface area contributed by atoms with Crippen molar-refractivity contribution in [3.63, 3.8) is 0 Å². The van der Waals surface area contributed by atoms with Gasteiger partial charge in [-0.1, -0.05) is 18.2 Å². The van der Waals surface area contributed by atoms with Gasteiger partial charge in [0.05, 0.1) is 23.1 Å². The lowest BCUT2D eigenvalue weighted by Gasteiger charge is -2.08. The molecule has 0 fully saturated rings. The molecule has 6 nitrogen and oxygen atoms in total. The van der Waals surface area contributed by atoms with Crippen LogP contribution in [0, 0.1) is 11.6 Å². The number of halogens is 2. The van der Waals surface area contributed by atoms with Crippen molar-refractivity contribution < 1.29 is 18.7 Å². The largest absolute Gasteiger partial charge is 0.478 e. The van der Waals surface area contributed by atoms with Crippen molar-refractivity contribution in [3.05, 3.63) is 100 Å². The van der Waals surface area contributed by atoms with Gasteiger partial charge in [-0.2, -0.15) is 0 Å². The van der Waals surface area contributed by atoms with Crippen LogP contribution in [0.15, 0.2) is 66.9 Å². The first-order valence-corrected chi connectivity index (χ1v) is 9.98. The van der Waals surface area contributed by atoms with Gasteiger partial charge in [0.25, 0.3) is 0 Å². The third-order valence-corrected chi connectivity index (χ3v) is 5.21. The molecule has 0 spiro atoms. The van der Waals surface area contributed by atoms with Gasteiger partial charge in [-0.3, -0.25) is 0 Å². The Hall–Kier alpha value is -4.59. The van der Waals surface area contributed by atoms with Gasteiger partial charge in [0.15, 0.2) is 0 Å². The van der Waals surface area contributed by atoms with Crippen molar-refractivity contribution in [3.8, 4) is 11.1 Å². The Bertz CT molecular complexity index is 1520. The quantitative estimate of drug-likeness (QED) is 0.445. The van der Waals surface area contributed by atoms with E-state index < -0.39 is 17.6 Å². The van der Waals surface area contributed by atoms with Crippen LogP contribution in [0.1, 0.15) is 16.1 Å². The highest BCUT2D eigenvalue weighted by Gasteiger charge is 2.13. The van der Waals surface area contributed by atoms with Crippen LogP contribution in [0.2, 0.25) is 0 Å². The van der Waals surface area contributed by atoms with Gasteiger partial charge in [-0.15, -0.1) is 0 Å². The number of nitrogens with one attached hydrogen (secondary N) is 2. The van der Waals surface area contributed by atoms with Gasteiger partial charge in [-0.25, -0.2) is 23.5 Å². The lowest BCUT2D eigenvalue weighted by atomic mass is 10.0. The van der Waals surface area contributed by atoms with E-state index in [9.17, 15) is 13.6 Å². The van der Waals surface area contributed by atoms with E-state index in [1.54, 1.807) is 48.8 Å². The molecule has 0 aliphatic carbocycles. The number of carboxylic acid groups (broad SMARTS) is 1. The molecule has 8 heteroatoms. The van der Waals surface area contributed by atoms with Crippen molar-refractivity contribution in [2.75, 3.05) is 10.6 Å². The first-order chi connectivity index (χ1) is 16.0. The molecule has 1 aliphatic rings. The highest BCUT2D eigenvalue weighted by Crippen LogP contribution is 2.22. The van der Waals surface area contributed by atoms with Crippen LogP contribution in [-0.2, 0) is 0 Å². The van der Waals surface area contributed by atoms with Crippen molar-refractivity contribution in [2.24, 2.45) is 0 Å². The van der Waals surface area contributed by atoms with Gasteiger partial charge in [0, 0.05) is 22.7 Å². The topological polar surface area (TPSA) is 87.1 Å². The number of carboxylic acids is 1. The lowest BCUT2D eigenvalue weighted by Crippen LogP contribution is -2.28. The number of carbonyl (C=O) groups is 1. The number of anilines is 3. The molecule has 1 aromatic heterocycles. The number of fused-ring (bicyclic) bond motifs is 2. The molecule has 0 amide bonds. The molecule has 5 rings (SSSR count). The Morgan fingerprint density at radius 1 is 1.00 bits per heavy atom. The summed E-state index contributed by atoms with van der Waals surface area (Å²) in [5.74, 6) is -1.67. The smallest absolute Gasteiger partial charge is 0.335 e. The summed E-state index contributed by atoms with van der Waals surface area (Å²) >= 11 is 0. The van der Waals surface area contributed by atoms with E-state index in [4.69, 9.17) is 5.11 Å². The van der Waals surface area contributed by atoms with Crippen LogP contribution in [-0.4, -0.2) is 21.0 Å². The zero-order chi connectivity index (χ0) is 22.9. The van der Waals surface area contributed by atoms with Gasteiger partial charge in [0.2, 0.25) is 5.95 Å². The Kier molecular flexibility index (Phi) is 5.02. The maximum Gasteiger partial charge on any atom is 0.335 e. The van der Waals surface area contributed by atoms with Crippen molar-refractivity contribution in [1.82, 2.24) is 9.97 Å². The minimum atomic E-state index is -1.01. The van der Waals surface area contributed by atoms with Gasteiger partial charge >= 0.3 is 5.97 Å². The Labute approximate surface area is 186 Å². The first kappa shape index (κ1) is 20.3. The van der Waals surface area contributed by atoms with Gasteiger partial charge in [-0.05, 0) is 59.3 Å². The average molecular weight is 442 g/mol. The summed E-state index contributed by atoms with van der Waals surface area (Å²) in [6, 6.07) is 15.1. The molecule has 33 heavy (non-hydrogen) atoms. The molecule has 0 saturated heterocycles. The minimum Gasteiger partial charge on any atom is -0.478 e. The van der Waals surface area contributed by atoms with E-state index in [0.717, 1.165) is 0 Å². The highest BCUT2D eigenvalue weighted by molar-refractivity contribution is 5.88. The summed E-state index contributed by atoms with van der Waals surface area (Å²) in [5.41, 5.74) is 2.60. The summed E-state index contributed by atoms with van der Waals surface area (Å²) in [6.07, 6.45) is 4.96. The minimum absolute atomic E-state index is 0.167. The molecule has 2 heterocycles. The predicted octanol–water partition coefficient (Wildman–Crippen LogP) is 3.86. The number of benzene rings is 3. The number of aromatic carboxylic acids is 1. The molecular formula is C25H16F2N4O2. The second kappa shape index (κ2) is 8.16. The highest BCUT2D eigenvalue weighted by atomic mass is 19.1. The van der Waals surface area contributed by atoms with E-state index in [1.807, 2.05) is 0 Å². The molecule has 1 aliphatic heterocycles. The number of aromatic nitrogens is 2. The summed E-state index contributed by atoms with van der Waals surface area (Å²) in [7, 11) is 0. The molecule has 0 saturated carbocycles. The summed E-state index contributed by atoms with van der Waals surface area (Å²) in [6.45, 7) is 0. The third-order valence-electron chi connectivity index (χ3n) is 5.21. The standard InChI is InChI=1S/C25H16F2N4O2/c26-16-9-15-10-22-23(28-12-20(15)19(11-16)18-3-1-2-4-21(18)27)13-29-25(31-22)30-17-7-5-14(6-8-17)24(32)33/h1-13,28H,(H,32,33)(H,29,30,31). The molecule has 0 bridgehead atoms. The zero-order valence-corrected chi connectivity index (χ0v) is 17.0. The van der Waals surface area contributed by atoms with Crippen molar-refractivity contribution in [1.29, 1.82) is 0 Å². The van der Waals surface area contributed by atoms with Crippen LogP contribution in [0.3, 0.4) is 0 Å². The normalized spacial score (nSPS) is 11.7. The molecule has 162 valence electrons. The monoisotopic (exact) mass is 442 g/mol. The second-order valence-electron chi connectivity index (χ2n) is 7.37. The molecule has 3 N–H and O–H groups in total. The summed E-state index contributed by atoms with van der Waals surface area (Å²) in [4.78, 5) is 19.8. The van der Waals surface area contributed by atoms with E-state index >= 15 is 0 Å². The fourth-order valence-corrected chi connectivity index (χ4v) is 3.62. The van der Waals surface area contributed by atoms with Crippen LogP contribution in [0.25, 0.3) is 23.4 Å². The first-order valence-electron chi connectivity index (χ1n) is 9.98. The zero-order valence-electron chi connectivity index (χ0n) is 17.0. The number of nitrogens with zero attached hydrogens (tertiary/aromatic N) is 2. The maximum atomic E-state index is 14.5. The van der Waals surface area contributed by atoms with E-state index in [1.165, 1.54) is 30.3 Å². The Morgan fingerprint density at radius 2 is 1.79 bits per heavy atom. The maximum absolute atomic E-state index is 14.5. The number of hydrogen-bond acceptors (Lipinski definition) is 5. The summed E-state index contributed by atoms with van der Waals surface area (Å²) in [5, 5.41) is 16.3. The molecule has 0 atom stereocenters. The molecule has 0 radical (unpaired) electrons. The average Bonchev–Trinajstić information content (AvgIpc) is 2.98. The predicted molar refractivity (Wildman–Crippen MR) is 121 cm³/mol. The number of rotatable bonds is 4. The van der Waals surface area contributed by atoms with Crippen LogP contribution in [0.4, 0.5) is 26.1 Å². The molecule has 0 unspecified atom stereocenters. The third kappa shape index (κ3) is 4.01. The van der Waals surface area contributed by atoms with Gasteiger partial charge in [0.1, 0.15) is 11.6 Å². The van der Waals surface area contributed by atoms with E-state index in [2.05, 4.69) is 20.6 Å². The summed E-state index contributed by atoms with van der Waals surface area (Å²) < 4.78 is 28.9. The second-order valence-corrected chi connectivity index (χ2v) is 7.37. The fourth-order valence-electron chi connectivity index (χ4n) is 3.62. The van der Waals surface area contributed by atoms with Crippen LogP contribution in [0.5, 0.6) is 0 Å². The van der Waals surface area contributed by atoms with Crippen LogP contribution >= 0.6 is 0 Å². The van der Waals surface area contributed by atoms with E-state index in [-0.39, 0.29) is 11.5 Å². The van der Waals surface area contributed by atoms with Crippen LogP contribution < -0.4 is 21.1 Å². The molecule has 4 aromatic rings. The fraction of sp³-hybridized carbons (Fsp3) is 0. The van der Waals surface area contributed by atoms with Gasteiger partial charge < -0.3 is 15.7 Å². The molecular weight excluding hydrogens is 426 g/mol. The van der Waals surface area contributed by atoms with Crippen molar-refractivity contribution in [2.45, 2.75) is 0 Å².